The van der Waals surface area contributed by atoms with Crippen LogP contribution >= 0.6 is 0 Å². The van der Waals surface area contributed by atoms with Gasteiger partial charge in [0.25, 0.3) is 11.8 Å². The summed E-state index contributed by atoms with van der Waals surface area (Å²) in [4.78, 5) is 21.0. The van der Waals surface area contributed by atoms with Crippen molar-refractivity contribution in [1.29, 1.82) is 0 Å². The van der Waals surface area contributed by atoms with Gasteiger partial charge in [-0.05, 0) is 20.3 Å². The lowest BCUT2D eigenvalue weighted by molar-refractivity contribution is -0.123. The molecule has 0 aromatic carbocycles. The Labute approximate surface area is 78.5 Å². The SMILES string of the molecule is C=C(C)C.CCC1=CC(=O)NC1=O. The molecule has 1 N–H and O–H groups in total. The maximum Gasteiger partial charge on any atom is 0.254 e. The van der Waals surface area contributed by atoms with Gasteiger partial charge in [0.05, 0.1) is 0 Å². The monoisotopic (exact) mass is 181 g/mol. The fourth-order valence-corrected chi connectivity index (χ4v) is 0.715. The quantitative estimate of drug-likeness (QED) is 0.493. The van der Waals surface area contributed by atoms with Crippen LogP contribution in [0.5, 0.6) is 0 Å². The number of carbonyl (C=O) groups excluding carboxylic acids is 2. The second-order valence-corrected chi connectivity index (χ2v) is 3.05. The number of carbonyl (C=O) groups is 2. The summed E-state index contributed by atoms with van der Waals surface area (Å²) in [6.45, 7) is 9.34. The van der Waals surface area contributed by atoms with E-state index in [-0.39, 0.29) is 11.8 Å². The molecular weight excluding hydrogens is 166 g/mol. The Morgan fingerprint density at radius 3 is 2.08 bits per heavy atom. The Morgan fingerprint density at radius 1 is 1.46 bits per heavy atom. The molecular formula is C10H15NO2. The van der Waals surface area contributed by atoms with Crippen LogP contribution in [-0.2, 0) is 9.59 Å². The molecule has 0 saturated carbocycles. The summed E-state index contributed by atoms with van der Waals surface area (Å²) in [5.41, 5.74) is 1.74. The second-order valence-electron chi connectivity index (χ2n) is 3.05. The highest BCUT2D eigenvalue weighted by Crippen LogP contribution is 2.04. The maximum atomic E-state index is 10.6. The first kappa shape index (κ1) is 11.6. The molecule has 0 aromatic rings. The summed E-state index contributed by atoms with van der Waals surface area (Å²) in [7, 11) is 0. The molecule has 0 spiro atoms. The van der Waals surface area contributed by atoms with Crippen LogP contribution in [-0.4, -0.2) is 11.8 Å². The van der Waals surface area contributed by atoms with Crippen LogP contribution in [0.15, 0.2) is 23.8 Å². The van der Waals surface area contributed by atoms with Gasteiger partial charge in [0.2, 0.25) is 0 Å². The highest BCUT2D eigenvalue weighted by molar-refractivity contribution is 6.16. The molecule has 0 aromatic heterocycles. The summed E-state index contributed by atoms with van der Waals surface area (Å²) in [5.74, 6) is -0.542. The van der Waals surface area contributed by atoms with Crippen LogP contribution in [0.25, 0.3) is 0 Å². The van der Waals surface area contributed by atoms with Crippen LogP contribution in [0.4, 0.5) is 0 Å². The van der Waals surface area contributed by atoms with Gasteiger partial charge in [-0.15, -0.1) is 6.58 Å². The van der Waals surface area contributed by atoms with Crippen molar-refractivity contribution < 1.29 is 9.59 Å². The molecule has 72 valence electrons. The van der Waals surface area contributed by atoms with E-state index in [1.807, 2.05) is 20.8 Å². The van der Waals surface area contributed by atoms with Crippen molar-refractivity contribution in [2.45, 2.75) is 27.2 Å². The zero-order valence-corrected chi connectivity index (χ0v) is 8.31. The van der Waals surface area contributed by atoms with E-state index in [0.717, 1.165) is 0 Å². The molecule has 1 aliphatic rings. The van der Waals surface area contributed by atoms with Crippen LogP contribution in [0.3, 0.4) is 0 Å². The summed E-state index contributed by atoms with van der Waals surface area (Å²) < 4.78 is 0. The minimum atomic E-state index is -0.295. The van der Waals surface area contributed by atoms with Crippen molar-refractivity contribution in [2.75, 3.05) is 0 Å². The first-order valence-corrected chi connectivity index (χ1v) is 4.15. The lowest BCUT2D eigenvalue weighted by Crippen LogP contribution is -2.21. The Balaban J connectivity index is 0.000000310. The molecule has 0 fully saturated rings. The molecule has 0 atom stereocenters. The van der Waals surface area contributed by atoms with Gasteiger partial charge in [0, 0.05) is 11.6 Å². The minimum absolute atomic E-state index is 0.248. The topological polar surface area (TPSA) is 46.2 Å². The third-order valence-corrected chi connectivity index (χ3v) is 1.21. The number of nitrogens with one attached hydrogen (secondary N) is 1. The number of rotatable bonds is 1. The van der Waals surface area contributed by atoms with E-state index in [0.29, 0.717) is 12.0 Å². The summed E-state index contributed by atoms with van der Waals surface area (Å²) in [6, 6.07) is 0. The third-order valence-electron chi connectivity index (χ3n) is 1.21. The Bertz CT molecular complexity index is 260. The fraction of sp³-hybridized carbons (Fsp3) is 0.400. The van der Waals surface area contributed by atoms with Gasteiger partial charge in [-0.2, -0.15) is 0 Å². The highest BCUT2D eigenvalue weighted by atomic mass is 16.2. The number of imide groups is 1. The predicted octanol–water partition coefficient (Wildman–Crippen LogP) is 1.56. The van der Waals surface area contributed by atoms with E-state index in [2.05, 4.69) is 11.9 Å². The molecule has 0 radical (unpaired) electrons. The Morgan fingerprint density at radius 2 is 1.92 bits per heavy atom. The summed E-state index contributed by atoms with van der Waals surface area (Å²) >= 11 is 0. The summed E-state index contributed by atoms with van der Waals surface area (Å²) in [6.07, 6.45) is 1.96. The van der Waals surface area contributed by atoms with E-state index in [1.54, 1.807) is 0 Å². The number of hydrogen-bond acceptors (Lipinski definition) is 2. The molecule has 3 heteroatoms. The minimum Gasteiger partial charge on any atom is -0.289 e. The first-order chi connectivity index (χ1) is 5.97. The van der Waals surface area contributed by atoms with Crippen molar-refractivity contribution in [3.63, 3.8) is 0 Å². The van der Waals surface area contributed by atoms with Gasteiger partial charge in [-0.25, -0.2) is 0 Å². The van der Waals surface area contributed by atoms with Gasteiger partial charge in [0.15, 0.2) is 0 Å². The predicted molar refractivity (Wildman–Crippen MR) is 52.0 cm³/mol. The van der Waals surface area contributed by atoms with Gasteiger partial charge >= 0.3 is 0 Å². The van der Waals surface area contributed by atoms with Crippen molar-refractivity contribution in [1.82, 2.24) is 5.32 Å². The van der Waals surface area contributed by atoms with Gasteiger partial charge in [-0.3, -0.25) is 14.9 Å². The fourth-order valence-electron chi connectivity index (χ4n) is 0.715. The lowest BCUT2D eigenvalue weighted by Gasteiger charge is -1.89. The second kappa shape index (κ2) is 5.30. The zero-order chi connectivity index (χ0) is 10.4. The molecule has 1 aliphatic heterocycles. The van der Waals surface area contributed by atoms with Crippen molar-refractivity contribution in [3.05, 3.63) is 23.8 Å². The van der Waals surface area contributed by atoms with Crippen molar-refractivity contribution >= 4 is 11.8 Å². The van der Waals surface area contributed by atoms with E-state index in [9.17, 15) is 9.59 Å². The first-order valence-electron chi connectivity index (χ1n) is 4.15. The molecule has 3 nitrogen and oxygen atoms in total. The molecule has 0 saturated heterocycles. The molecule has 1 heterocycles. The van der Waals surface area contributed by atoms with E-state index in [1.165, 1.54) is 11.6 Å². The molecule has 1 rings (SSSR count). The largest absolute Gasteiger partial charge is 0.289 e. The van der Waals surface area contributed by atoms with E-state index >= 15 is 0 Å². The number of allylic oxidation sites excluding steroid dienone is 1. The number of amides is 2. The molecule has 13 heavy (non-hydrogen) atoms. The molecule has 0 unspecified atom stereocenters. The maximum absolute atomic E-state index is 10.6. The van der Waals surface area contributed by atoms with Crippen molar-refractivity contribution in [2.24, 2.45) is 0 Å². The zero-order valence-electron chi connectivity index (χ0n) is 8.31. The van der Waals surface area contributed by atoms with Crippen LogP contribution in [0, 0.1) is 0 Å². The van der Waals surface area contributed by atoms with E-state index < -0.39 is 0 Å². The van der Waals surface area contributed by atoms with Gasteiger partial charge in [-0.1, -0.05) is 12.5 Å². The van der Waals surface area contributed by atoms with Gasteiger partial charge in [0.1, 0.15) is 0 Å². The average Bonchev–Trinajstić information content (AvgIpc) is 2.28. The average molecular weight is 181 g/mol. The molecule has 2 amide bonds. The van der Waals surface area contributed by atoms with Crippen LogP contribution < -0.4 is 5.32 Å². The third kappa shape index (κ3) is 4.95. The Hall–Kier alpha value is -1.38. The van der Waals surface area contributed by atoms with Gasteiger partial charge < -0.3 is 0 Å². The normalized spacial score (nSPS) is 14.2. The Kier molecular flexibility index (Phi) is 4.74. The number of hydrogen-bond donors (Lipinski definition) is 1. The standard InChI is InChI=1S/C6H7NO2.C4H8/c1-2-4-3-5(8)7-6(4)9;1-4(2)3/h3H,2H2,1H3,(H,7,8,9);1H2,2-3H3. The van der Waals surface area contributed by atoms with E-state index in [4.69, 9.17) is 0 Å². The van der Waals surface area contributed by atoms with Crippen molar-refractivity contribution in [3.8, 4) is 0 Å². The van der Waals surface area contributed by atoms with Crippen LogP contribution in [0.2, 0.25) is 0 Å². The van der Waals surface area contributed by atoms with Crippen LogP contribution in [0.1, 0.15) is 27.2 Å². The summed E-state index contributed by atoms with van der Waals surface area (Å²) in [5, 5.41) is 2.15. The molecule has 0 bridgehead atoms. The smallest absolute Gasteiger partial charge is 0.254 e. The highest BCUT2D eigenvalue weighted by Gasteiger charge is 2.17. The lowest BCUT2D eigenvalue weighted by atomic mass is 10.2. The molecule has 0 aliphatic carbocycles.